The van der Waals surface area contributed by atoms with Gasteiger partial charge < -0.3 is 15.4 Å². The largest absolute Gasteiger partial charge is 0.444 e. The molecular formula is C28H31ClN2O3. The molecular weight excluding hydrogens is 448 g/mol. The van der Waals surface area contributed by atoms with Crippen molar-refractivity contribution in [1.29, 1.82) is 0 Å². The summed E-state index contributed by atoms with van der Waals surface area (Å²) in [6.45, 7) is 3.94. The number of nitrogens with zero attached hydrogens (tertiary/aromatic N) is 1. The van der Waals surface area contributed by atoms with Crippen molar-refractivity contribution in [1.82, 2.24) is 4.90 Å². The van der Waals surface area contributed by atoms with Crippen molar-refractivity contribution < 1.29 is 14.3 Å². The molecule has 0 saturated carbocycles. The Morgan fingerprint density at radius 1 is 0.912 bits per heavy atom. The predicted molar refractivity (Wildman–Crippen MR) is 135 cm³/mol. The van der Waals surface area contributed by atoms with Gasteiger partial charge in [-0.1, -0.05) is 97.4 Å². The predicted octanol–water partition coefficient (Wildman–Crippen LogP) is 5.01. The van der Waals surface area contributed by atoms with Crippen LogP contribution in [-0.4, -0.2) is 36.4 Å². The summed E-state index contributed by atoms with van der Waals surface area (Å²) >= 11 is 6.68. The lowest BCUT2D eigenvalue weighted by atomic mass is 9.80. The molecule has 1 amide bonds. The number of amides is 1. The second kappa shape index (κ2) is 11.3. The Hall–Kier alpha value is -3.15. The van der Waals surface area contributed by atoms with Crippen LogP contribution in [-0.2, 0) is 19.9 Å². The Balaban J connectivity index is 2.06. The molecule has 2 N–H and O–H groups in total. The average Bonchev–Trinajstić information content (AvgIpc) is 2.87. The van der Waals surface area contributed by atoms with E-state index in [9.17, 15) is 9.59 Å². The van der Waals surface area contributed by atoms with Crippen molar-refractivity contribution in [3.8, 4) is 0 Å². The number of nitrogens with two attached hydrogens (primary N) is 1. The van der Waals surface area contributed by atoms with E-state index in [1.54, 1.807) is 24.9 Å². The molecule has 2 atom stereocenters. The van der Waals surface area contributed by atoms with E-state index in [-0.39, 0.29) is 18.4 Å². The van der Waals surface area contributed by atoms with Crippen molar-refractivity contribution in [3.05, 3.63) is 107 Å². The maximum atomic E-state index is 13.4. The summed E-state index contributed by atoms with van der Waals surface area (Å²) in [7, 11) is 1.70. The highest BCUT2D eigenvalue weighted by Gasteiger charge is 2.42. The summed E-state index contributed by atoms with van der Waals surface area (Å²) in [4.78, 5) is 27.8. The summed E-state index contributed by atoms with van der Waals surface area (Å²) in [6.07, 6.45) is -0.0770. The summed E-state index contributed by atoms with van der Waals surface area (Å²) in [5.74, 6) is -1.22. The number of likely N-dealkylation sites (N-methyl/N-ethyl adjacent to an activating group) is 1. The fourth-order valence-electron chi connectivity index (χ4n) is 4.02. The molecule has 0 saturated heterocycles. The molecule has 0 heterocycles. The van der Waals surface area contributed by atoms with Crippen LogP contribution in [0.15, 0.2) is 84.9 Å². The van der Waals surface area contributed by atoms with Crippen LogP contribution >= 0.6 is 11.6 Å². The highest BCUT2D eigenvalue weighted by atomic mass is 35.5. The third kappa shape index (κ3) is 5.32. The number of hydrogen-bond donors (Lipinski definition) is 1. The van der Waals surface area contributed by atoms with Gasteiger partial charge in [-0.05, 0) is 13.0 Å². The Labute approximate surface area is 206 Å². The molecule has 5 nitrogen and oxygen atoms in total. The van der Waals surface area contributed by atoms with E-state index in [1.165, 1.54) is 0 Å². The van der Waals surface area contributed by atoms with Crippen LogP contribution in [0.3, 0.4) is 0 Å². The molecule has 0 aromatic heterocycles. The number of ether oxygens (including phenoxy) is 1. The molecule has 3 rings (SSSR count). The number of benzene rings is 3. The number of esters is 1. The molecule has 0 aliphatic carbocycles. The monoisotopic (exact) mass is 478 g/mol. The minimum absolute atomic E-state index is 0.0770. The zero-order valence-corrected chi connectivity index (χ0v) is 20.5. The highest BCUT2D eigenvalue weighted by Crippen LogP contribution is 2.43. The Kier molecular flexibility index (Phi) is 8.48. The van der Waals surface area contributed by atoms with Crippen LogP contribution in [0, 0.1) is 5.92 Å². The zero-order valence-electron chi connectivity index (χ0n) is 19.8. The molecule has 178 valence electrons. The molecule has 34 heavy (non-hydrogen) atoms. The first-order valence-electron chi connectivity index (χ1n) is 11.4. The fourth-order valence-corrected chi connectivity index (χ4v) is 4.28. The van der Waals surface area contributed by atoms with E-state index in [0.29, 0.717) is 17.1 Å². The summed E-state index contributed by atoms with van der Waals surface area (Å²) in [5, 5.41) is 0.476. The summed E-state index contributed by atoms with van der Waals surface area (Å²) < 4.78 is 6.35. The van der Waals surface area contributed by atoms with E-state index in [4.69, 9.17) is 22.1 Å². The van der Waals surface area contributed by atoms with E-state index >= 15 is 0 Å². The van der Waals surface area contributed by atoms with Gasteiger partial charge in [-0.25, -0.2) is 0 Å². The molecule has 0 aliphatic rings. The van der Waals surface area contributed by atoms with Crippen LogP contribution in [0.4, 0.5) is 0 Å². The van der Waals surface area contributed by atoms with Crippen LogP contribution in [0.2, 0.25) is 5.02 Å². The van der Waals surface area contributed by atoms with Gasteiger partial charge in [-0.2, -0.15) is 0 Å². The van der Waals surface area contributed by atoms with Gasteiger partial charge in [0.05, 0.1) is 6.42 Å². The first-order valence-corrected chi connectivity index (χ1v) is 11.7. The van der Waals surface area contributed by atoms with E-state index in [1.807, 2.05) is 85.8 Å². The van der Waals surface area contributed by atoms with Crippen LogP contribution in [0.1, 0.15) is 37.0 Å². The van der Waals surface area contributed by atoms with Gasteiger partial charge in [0, 0.05) is 47.3 Å². The van der Waals surface area contributed by atoms with Crippen LogP contribution < -0.4 is 5.73 Å². The second-order valence-corrected chi connectivity index (χ2v) is 8.91. The van der Waals surface area contributed by atoms with Gasteiger partial charge in [0.25, 0.3) is 0 Å². The summed E-state index contributed by atoms with van der Waals surface area (Å²) in [6, 6.07) is 26.3. The topological polar surface area (TPSA) is 72.6 Å². The maximum Gasteiger partial charge on any atom is 0.308 e. The quantitative estimate of drug-likeness (QED) is 0.346. The lowest BCUT2D eigenvalue weighted by Crippen LogP contribution is -2.43. The number of carbonyl (C=O) groups excluding carboxylic acids is 2. The minimum atomic E-state index is -1.28. The average molecular weight is 479 g/mol. The molecule has 0 aliphatic heterocycles. The molecule has 6 heteroatoms. The minimum Gasteiger partial charge on any atom is -0.444 e. The molecule has 3 aromatic carbocycles. The van der Waals surface area contributed by atoms with Crippen LogP contribution in [0.25, 0.3) is 0 Å². The third-order valence-corrected chi connectivity index (χ3v) is 6.45. The smallest absolute Gasteiger partial charge is 0.308 e. The Morgan fingerprint density at radius 3 is 1.91 bits per heavy atom. The van der Waals surface area contributed by atoms with E-state index in [2.05, 4.69) is 0 Å². The van der Waals surface area contributed by atoms with Gasteiger partial charge in [-0.15, -0.1) is 0 Å². The highest BCUT2D eigenvalue weighted by molar-refractivity contribution is 6.31. The van der Waals surface area contributed by atoms with E-state index < -0.39 is 17.5 Å². The van der Waals surface area contributed by atoms with Crippen LogP contribution in [0.5, 0.6) is 0 Å². The SMILES string of the molecule is C[C@H](CC(=O)OC(c1ccccc1)(c1ccccc1)c1ccccc1Cl)C(=O)N(C)[C@@H](C)CN. The maximum absolute atomic E-state index is 13.4. The van der Waals surface area contributed by atoms with Crippen molar-refractivity contribution >= 4 is 23.5 Å². The van der Waals surface area contributed by atoms with Gasteiger partial charge in [0.15, 0.2) is 5.60 Å². The Morgan fingerprint density at radius 2 is 1.41 bits per heavy atom. The third-order valence-electron chi connectivity index (χ3n) is 6.13. The van der Waals surface area contributed by atoms with Crippen molar-refractivity contribution in [2.24, 2.45) is 11.7 Å². The first kappa shape index (κ1) is 25.5. The zero-order chi connectivity index (χ0) is 24.7. The number of carbonyl (C=O) groups is 2. The molecule has 3 aromatic rings. The Bertz CT molecular complexity index is 1070. The lowest BCUT2D eigenvalue weighted by Gasteiger charge is -2.36. The van der Waals surface area contributed by atoms with Crippen molar-refractivity contribution in [2.45, 2.75) is 31.9 Å². The molecule has 0 spiro atoms. The van der Waals surface area contributed by atoms with Crippen molar-refractivity contribution in [3.63, 3.8) is 0 Å². The molecule has 0 bridgehead atoms. The number of hydrogen-bond acceptors (Lipinski definition) is 4. The van der Waals surface area contributed by atoms with E-state index in [0.717, 1.165) is 11.1 Å². The van der Waals surface area contributed by atoms with Gasteiger partial charge in [0.1, 0.15) is 0 Å². The van der Waals surface area contributed by atoms with Crippen molar-refractivity contribution in [2.75, 3.05) is 13.6 Å². The first-order chi connectivity index (χ1) is 16.3. The molecule has 0 radical (unpaired) electrons. The molecule has 0 unspecified atom stereocenters. The normalized spacial score (nSPS) is 13.1. The molecule has 0 fully saturated rings. The van der Waals surface area contributed by atoms with Gasteiger partial charge in [-0.3, -0.25) is 9.59 Å². The number of halogens is 1. The summed E-state index contributed by atoms with van der Waals surface area (Å²) in [5.41, 5.74) is 6.59. The standard InChI is InChI=1S/C28H31ClN2O3/c1-20(27(33)31(3)21(2)19-30)18-26(32)34-28(22-12-6-4-7-13-22,23-14-8-5-9-15-23)24-16-10-11-17-25(24)29/h4-17,20-21H,18-19,30H2,1-3H3/t20-,21+/m1/s1. The fraction of sp³-hybridized carbons (Fsp3) is 0.286. The van der Waals surface area contributed by atoms with Gasteiger partial charge in [0.2, 0.25) is 5.91 Å². The second-order valence-electron chi connectivity index (χ2n) is 8.51. The lowest BCUT2D eigenvalue weighted by molar-refractivity contribution is -0.157. The number of rotatable bonds is 9. The van der Waals surface area contributed by atoms with Gasteiger partial charge >= 0.3 is 5.97 Å².